The SMILES string of the molecule is C/C(=C\CC[C@@H](C)[C@H]1CC[C@@]2(C)C3=C([C@H](O)C[C@]12C)[C@@]1(C)CC[C@H](O)C(C)(C)[C@H]1CC3=O)C(=O)O. The van der Waals surface area contributed by atoms with Crippen LogP contribution in [-0.2, 0) is 9.59 Å². The first-order valence-electron chi connectivity index (χ1n) is 13.7. The second-order valence-electron chi connectivity index (χ2n) is 13.6. The molecule has 2 fully saturated rings. The molecule has 0 bridgehead atoms. The molecule has 4 aliphatic carbocycles. The minimum absolute atomic E-state index is 0.0352. The van der Waals surface area contributed by atoms with E-state index in [2.05, 4.69) is 41.5 Å². The van der Waals surface area contributed by atoms with Crippen molar-refractivity contribution in [3.63, 3.8) is 0 Å². The van der Waals surface area contributed by atoms with Crippen molar-refractivity contribution < 1.29 is 24.9 Å². The summed E-state index contributed by atoms with van der Waals surface area (Å²) in [5, 5.41) is 31.7. The van der Waals surface area contributed by atoms with Crippen molar-refractivity contribution in [2.45, 2.75) is 112 Å². The lowest BCUT2D eigenvalue weighted by atomic mass is 9.42. The summed E-state index contributed by atoms with van der Waals surface area (Å²) in [6, 6.07) is 0. The first kappa shape index (κ1) is 26.6. The van der Waals surface area contributed by atoms with Gasteiger partial charge in [0, 0.05) is 23.0 Å². The van der Waals surface area contributed by atoms with E-state index in [1.165, 1.54) is 0 Å². The van der Waals surface area contributed by atoms with Gasteiger partial charge in [0.25, 0.3) is 0 Å². The minimum Gasteiger partial charge on any atom is -0.478 e. The number of aliphatic hydroxyl groups is 2. The Morgan fingerprint density at radius 1 is 1.11 bits per heavy atom. The van der Waals surface area contributed by atoms with Crippen LogP contribution >= 0.6 is 0 Å². The number of carbonyl (C=O) groups is 2. The van der Waals surface area contributed by atoms with Gasteiger partial charge >= 0.3 is 5.97 Å². The van der Waals surface area contributed by atoms with Crippen molar-refractivity contribution in [2.75, 3.05) is 0 Å². The Kier molecular flexibility index (Phi) is 6.50. The summed E-state index contributed by atoms with van der Waals surface area (Å²) in [5.74, 6) is 0.102. The van der Waals surface area contributed by atoms with Crippen LogP contribution in [0, 0.1) is 39.4 Å². The maximum absolute atomic E-state index is 13.9. The third-order valence-corrected chi connectivity index (χ3v) is 11.6. The fraction of sp³-hybridized carbons (Fsp3) is 0.800. The zero-order chi connectivity index (χ0) is 26.1. The summed E-state index contributed by atoms with van der Waals surface area (Å²) in [7, 11) is 0. The van der Waals surface area contributed by atoms with Crippen molar-refractivity contribution in [1.29, 1.82) is 0 Å². The van der Waals surface area contributed by atoms with Crippen molar-refractivity contribution in [1.82, 2.24) is 0 Å². The second-order valence-corrected chi connectivity index (χ2v) is 13.6. The number of aliphatic carboxylic acids is 1. The van der Waals surface area contributed by atoms with E-state index in [1.54, 1.807) is 6.92 Å². The molecule has 196 valence electrons. The van der Waals surface area contributed by atoms with Crippen LogP contribution in [0.1, 0.15) is 99.8 Å². The Balaban J connectivity index is 1.70. The molecule has 0 heterocycles. The number of fused-ring (bicyclic) bond motifs is 4. The fourth-order valence-corrected chi connectivity index (χ4v) is 9.23. The molecule has 0 spiro atoms. The Morgan fingerprint density at radius 3 is 2.40 bits per heavy atom. The van der Waals surface area contributed by atoms with E-state index < -0.39 is 18.2 Å². The van der Waals surface area contributed by atoms with Crippen LogP contribution in [0.4, 0.5) is 0 Å². The second kappa shape index (κ2) is 8.55. The van der Waals surface area contributed by atoms with Gasteiger partial charge < -0.3 is 15.3 Å². The highest BCUT2D eigenvalue weighted by molar-refractivity contribution is 6.00. The molecular weight excluding hydrogens is 440 g/mol. The number of allylic oxidation sites excluding steroid dienone is 2. The van der Waals surface area contributed by atoms with Crippen molar-refractivity contribution in [3.8, 4) is 0 Å². The highest BCUT2D eigenvalue weighted by Crippen LogP contribution is 2.71. The topological polar surface area (TPSA) is 94.8 Å². The van der Waals surface area contributed by atoms with Crippen LogP contribution in [0.5, 0.6) is 0 Å². The standard InChI is InChI=1S/C30H46O5/c1-17(9-8-10-18(2)26(34)35)19-11-14-29(6)25-20(31)15-22-27(3,4)23(33)12-13-28(22,5)24(25)21(32)16-30(19,29)7/h10,17,19,21-23,32-33H,8-9,11-16H2,1-7H3,(H,34,35)/b18-10+/t17-,19-,21-,22-,23+,28+,29+,30-/m1/s1. The summed E-state index contributed by atoms with van der Waals surface area (Å²) in [6.45, 7) is 14.9. The molecule has 0 radical (unpaired) electrons. The van der Waals surface area contributed by atoms with E-state index in [4.69, 9.17) is 5.11 Å². The molecule has 0 aromatic rings. The number of aliphatic hydroxyl groups excluding tert-OH is 2. The van der Waals surface area contributed by atoms with Crippen LogP contribution in [0.15, 0.2) is 22.8 Å². The number of hydrogen-bond acceptors (Lipinski definition) is 4. The van der Waals surface area contributed by atoms with Gasteiger partial charge in [-0.15, -0.1) is 0 Å². The molecule has 8 atom stereocenters. The summed E-state index contributed by atoms with van der Waals surface area (Å²) < 4.78 is 0. The molecule has 0 amide bonds. The molecule has 0 aliphatic heterocycles. The van der Waals surface area contributed by atoms with Gasteiger partial charge in [-0.3, -0.25) is 4.79 Å². The lowest BCUT2D eigenvalue weighted by Gasteiger charge is -2.62. The van der Waals surface area contributed by atoms with E-state index in [-0.39, 0.29) is 33.4 Å². The number of carboxylic acid groups (broad SMARTS) is 1. The Hall–Kier alpha value is -1.46. The number of carboxylic acids is 1. The summed E-state index contributed by atoms with van der Waals surface area (Å²) in [6.07, 6.45) is 7.01. The van der Waals surface area contributed by atoms with Crippen LogP contribution < -0.4 is 0 Å². The first-order chi connectivity index (χ1) is 16.1. The minimum atomic E-state index is -0.867. The predicted octanol–water partition coefficient (Wildman–Crippen LogP) is 5.69. The van der Waals surface area contributed by atoms with Crippen molar-refractivity contribution in [2.24, 2.45) is 39.4 Å². The fourth-order valence-electron chi connectivity index (χ4n) is 9.23. The van der Waals surface area contributed by atoms with Gasteiger partial charge in [0.15, 0.2) is 5.78 Å². The van der Waals surface area contributed by atoms with E-state index in [0.29, 0.717) is 36.7 Å². The molecule has 4 aliphatic rings. The molecular formula is C30H46O5. The highest BCUT2D eigenvalue weighted by Gasteiger charge is 2.67. The number of carbonyl (C=O) groups excluding carboxylic acids is 1. The Bertz CT molecular complexity index is 975. The molecule has 0 saturated heterocycles. The van der Waals surface area contributed by atoms with E-state index in [0.717, 1.165) is 43.3 Å². The molecule has 4 rings (SSSR count). The number of rotatable bonds is 5. The Labute approximate surface area is 211 Å². The van der Waals surface area contributed by atoms with Crippen molar-refractivity contribution >= 4 is 11.8 Å². The van der Waals surface area contributed by atoms with Gasteiger partial charge in [-0.2, -0.15) is 0 Å². The first-order valence-corrected chi connectivity index (χ1v) is 13.7. The lowest BCUT2D eigenvalue weighted by molar-refractivity contribution is -0.138. The normalized spacial score (nSPS) is 43.9. The maximum atomic E-state index is 13.9. The van der Waals surface area contributed by atoms with Gasteiger partial charge in [-0.25, -0.2) is 4.79 Å². The zero-order valence-electron chi connectivity index (χ0n) is 22.8. The molecule has 5 nitrogen and oxygen atoms in total. The largest absolute Gasteiger partial charge is 0.478 e. The third-order valence-electron chi connectivity index (χ3n) is 11.6. The van der Waals surface area contributed by atoms with Gasteiger partial charge in [0.2, 0.25) is 0 Å². The molecule has 5 heteroatoms. The smallest absolute Gasteiger partial charge is 0.330 e. The zero-order valence-corrected chi connectivity index (χ0v) is 22.8. The molecule has 0 unspecified atom stereocenters. The number of ketones is 1. The lowest BCUT2D eigenvalue weighted by Crippen LogP contribution is -2.59. The molecule has 3 N–H and O–H groups in total. The quantitative estimate of drug-likeness (QED) is 0.434. The molecule has 2 saturated carbocycles. The molecule has 35 heavy (non-hydrogen) atoms. The molecule has 0 aromatic heterocycles. The summed E-state index contributed by atoms with van der Waals surface area (Å²) in [4.78, 5) is 25.1. The van der Waals surface area contributed by atoms with Gasteiger partial charge in [0.05, 0.1) is 12.2 Å². The number of Topliss-reactive ketones (excluding diaryl/α,β-unsaturated/α-hetero) is 1. The third kappa shape index (κ3) is 3.70. The van der Waals surface area contributed by atoms with Gasteiger partial charge in [-0.1, -0.05) is 47.6 Å². The summed E-state index contributed by atoms with van der Waals surface area (Å²) in [5.41, 5.74) is 1.22. The average molecular weight is 487 g/mol. The monoisotopic (exact) mass is 486 g/mol. The maximum Gasteiger partial charge on any atom is 0.330 e. The van der Waals surface area contributed by atoms with Crippen molar-refractivity contribution in [3.05, 3.63) is 22.8 Å². The van der Waals surface area contributed by atoms with E-state index in [9.17, 15) is 19.8 Å². The summed E-state index contributed by atoms with van der Waals surface area (Å²) >= 11 is 0. The highest BCUT2D eigenvalue weighted by atomic mass is 16.4. The predicted molar refractivity (Wildman–Crippen MR) is 137 cm³/mol. The van der Waals surface area contributed by atoms with Gasteiger partial charge in [-0.05, 0) is 91.4 Å². The van der Waals surface area contributed by atoms with E-state index >= 15 is 0 Å². The van der Waals surface area contributed by atoms with Gasteiger partial charge in [0.1, 0.15) is 0 Å². The van der Waals surface area contributed by atoms with Crippen LogP contribution in [0.3, 0.4) is 0 Å². The average Bonchev–Trinajstić information content (AvgIpc) is 3.03. The van der Waals surface area contributed by atoms with Crippen LogP contribution in [0.2, 0.25) is 0 Å². The Morgan fingerprint density at radius 2 is 1.77 bits per heavy atom. The van der Waals surface area contributed by atoms with Crippen LogP contribution in [0.25, 0.3) is 0 Å². The van der Waals surface area contributed by atoms with E-state index in [1.807, 2.05) is 6.08 Å². The number of hydrogen-bond donors (Lipinski definition) is 3. The van der Waals surface area contributed by atoms with Crippen LogP contribution in [-0.4, -0.2) is 39.3 Å². The molecule has 0 aromatic carbocycles.